The monoisotopic (exact) mass is 289 g/mol. The standard InChI is InChI=1S/C20H35N/c1-15(2)20(6,7)18-12-10-17(11-13-18)19(4,5)14-16(3)21(8)9/h10-13,15-16H,14H2,1-9H3. The van der Waals surface area contributed by atoms with Crippen molar-refractivity contribution in [3.63, 3.8) is 0 Å². The molecular formula is C20H35N. The highest BCUT2D eigenvalue weighted by molar-refractivity contribution is 5.32. The molecule has 0 fully saturated rings. The number of rotatable bonds is 6. The van der Waals surface area contributed by atoms with E-state index in [1.807, 2.05) is 0 Å². The second-order valence-electron chi connectivity index (χ2n) is 8.35. The Bertz CT molecular complexity index is 437. The van der Waals surface area contributed by atoms with Gasteiger partial charge in [-0.05, 0) is 55.3 Å². The lowest BCUT2D eigenvalue weighted by atomic mass is 9.73. The van der Waals surface area contributed by atoms with E-state index in [2.05, 4.69) is 91.7 Å². The lowest BCUT2D eigenvalue weighted by Gasteiger charge is -2.33. The Morgan fingerprint density at radius 2 is 1.29 bits per heavy atom. The van der Waals surface area contributed by atoms with Crippen LogP contribution in [0.4, 0.5) is 0 Å². The van der Waals surface area contributed by atoms with Crippen molar-refractivity contribution in [1.29, 1.82) is 0 Å². The van der Waals surface area contributed by atoms with Gasteiger partial charge in [0, 0.05) is 6.04 Å². The minimum atomic E-state index is 0.212. The minimum absolute atomic E-state index is 0.212. The van der Waals surface area contributed by atoms with Crippen LogP contribution in [0.25, 0.3) is 0 Å². The molecule has 1 heteroatoms. The predicted octanol–water partition coefficient (Wildman–Crippen LogP) is 5.24. The Labute approximate surface area is 132 Å². The molecule has 1 aromatic carbocycles. The third kappa shape index (κ3) is 4.32. The molecule has 0 saturated heterocycles. The Kier molecular flexibility index (Phi) is 5.66. The Morgan fingerprint density at radius 3 is 1.67 bits per heavy atom. The van der Waals surface area contributed by atoms with Gasteiger partial charge in [-0.3, -0.25) is 0 Å². The Balaban J connectivity index is 2.96. The van der Waals surface area contributed by atoms with Gasteiger partial charge in [0.25, 0.3) is 0 Å². The van der Waals surface area contributed by atoms with Crippen molar-refractivity contribution >= 4 is 0 Å². The highest BCUT2D eigenvalue weighted by Crippen LogP contribution is 2.34. The highest BCUT2D eigenvalue weighted by atomic mass is 15.1. The summed E-state index contributed by atoms with van der Waals surface area (Å²) >= 11 is 0. The third-order valence-corrected chi connectivity index (χ3v) is 5.54. The predicted molar refractivity (Wildman–Crippen MR) is 95.1 cm³/mol. The van der Waals surface area contributed by atoms with Crippen molar-refractivity contribution < 1.29 is 0 Å². The van der Waals surface area contributed by atoms with E-state index in [9.17, 15) is 0 Å². The first kappa shape index (κ1) is 18.2. The zero-order chi connectivity index (χ0) is 16.4. The molecule has 1 unspecified atom stereocenters. The van der Waals surface area contributed by atoms with Crippen LogP contribution >= 0.6 is 0 Å². The molecule has 21 heavy (non-hydrogen) atoms. The molecule has 120 valence electrons. The van der Waals surface area contributed by atoms with E-state index in [0.717, 1.165) is 0 Å². The van der Waals surface area contributed by atoms with Gasteiger partial charge in [-0.15, -0.1) is 0 Å². The van der Waals surface area contributed by atoms with Crippen LogP contribution in [0, 0.1) is 5.92 Å². The van der Waals surface area contributed by atoms with Crippen molar-refractivity contribution in [2.45, 2.75) is 71.8 Å². The molecule has 1 nitrogen and oxygen atoms in total. The molecule has 0 aliphatic heterocycles. The largest absolute Gasteiger partial charge is 0.307 e. The van der Waals surface area contributed by atoms with E-state index in [-0.39, 0.29) is 10.8 Å². The van der Waals surface area contributed by atoms with E-state index < -0.39 is 0 Å². The molecule has 0 aliphatic rings. The smallest absolute Gasteiger partial charge is 0.00691 e. The molecule has 0 saturated carbocycles. The second kappa shape index (κ2) is 6.52. The van der Waals surface area contributed by atoms with Gasteiger partial charge >= 0.3 is 0 Å². The normalized spacial score (nSPS) is 14.8. The number of nitrogens with zero attached hydrogens (tertiary/aromatic N) is 1. The van der Waals surface area contributed by atoms with E-state index in [1.165, 1.54) is 17.5 Å². The lowest BCUT2D eigenvalue weighted by molar-refractivity contribution is 0.255. The van der Waals surface area contributed by atoms with E-state index in [0.29, 0.717) is 12.0 Å². The van der Waals surface area contributed by atoms with Crippen LogP contribution < -0.4 is 0 Å². The maximum atomic E-state index is 2.36. The van der Waals surface area contributed by atoms with Crippen LogP contribution in [0.1, 0.15) is 66.0 Å². The fourth-order valence-corrected chi connectivity index (χ4v) is 2.72. The maximum Gasteiger partial charge on any atom is 0.00691 e. The fourth-order valence-electron chi connectivity index (χ4n) is 2.72. The van der Waals surface area contributed by atoms with Crippen LogP contribution in [0.3, 0.4) is 0 Å². The summed E-state index contributed by atoms with van der Waals surface area (Å²) in [5.41, 5.74) is 3.33. The molecular weight excluding hydrogens is 254 g/mol. The molecule has 0 heterocycles. The third-order valence-electron chi connectivity index (χ3n) is 5.54. The van der Waals surface area contributed by atoms with Crippen LogP contribution in [-0.4, -0.2) is 25.0 Å². The Morgan fingerprint density at radius 1 is 0.857 bits per heavy atom. The van der Waals surface area contributed by atoms with Crippen molar-refractivity contribution in [3.05, 3.63) is 35.4 Å². The molecule has 1 rings (SSSR count). The summed E-state index contributed by atoms with van der Waals surface area (Å²) in [6.45, 7) is 16.3. The average Bonchev–Trinajstić information content (AvgIpc) is 2.38. The molecule has 0 radical (unpaired) electrons. The van der Waals surface area contributed by atoms with Gasteiger partial charge in [-0.1, -0.05) is 65.8 Å². The highest BCUT2D eigenvalue weighted by Gasteiger charge is 2.27. The van der Waals surface area contributed by atoms with Gasteiger partial charge in [0.05, 0.1) is 0 Å². The molecule has 0 amide bonds. The fraction of sp³-hybridized carbons (Fsp3) is 0.700. The zero-order valence-electron chi connectivity index (χ0n) is 15.6. The Hall–Kier alpha value is -0.820. The summed E-state index contributed by atoms with van der Waals surface area (Å²) in [6, 6.07) is 9.92. The lowest BCUT2D eigenvalue weighted by Crippen LogP contribution is -2.32. The van der Waals surface area contributed by atoms with Gasteiger partial charge in [0.15, 0.2) is 0 Å². The zero-order valence-corrected chi connectivity index (χ0v) is 15.6. The van der Waals surface area contributed by atoms with Crippen molar-refractivity contribution in [3.8, 4) is 0 Å². The van der Waals surface area contributed by atoms with Gasteiger partial charge in [-0.2, -0.15) is 0 Å². The van der Waals surface area contributed by atoms with E-state index >= 15 is 0 Å². The first-order valence-electron chi connectivity index (χ1n) is 8.26. The molecule has 1 aromatic rings. The number of hydrogen-bond donors (Lipinski definition) is 0. The molecule has 0 aliphatic carbocycles. The number of benzene rings is 1. The molecule has 0 aromatic heterocycles. The average molecular weight is 290 g/mol. The molecule has 1 atom stereocenters. The SMILES string of the molecule is CC(CC(C)(C)c1ccc(C(C)(C)C(C)C)cc1)N(C)C. The second-order valence-corrected chi connectivity index (χ2v) is 8.35. The summed E-state index contributed by atoms with van der Waals surface area (Å²) in [7, 11) is 4.32. The number of hydrogen-bond acceptors (Lipinski definition) is 1. The minimum Gasteiger partial charge on any atom is -0.307 e. The first-order chi connectivity index (χ1) is 9.48. The van der Waals surface area contributed by atoms with E-state index in [1.54, 1.807) is 0 Å². The van der Waals surface area contributed by atoms with Gasteiger partial charge in [0.2, 0.25) is 0 Å². The summed E-state index contributed by atoms with van der Waals surface area (Å²) in [5, 5.41) is 0. The quantitative estimate of drug-likeness (QED) is 0.692. The van der Waals surface area contributed by atoms with Gasteiger partial charge < -0.3 is 4.90 Å². The van der Waals surface area contributed by atoms with E-state index in [4.69, 9.17) is 0 Å². The van der Waals surface area contributed by atoms with Crippen molar-refractivity contribution in [2.75, 3.05) is 14.1 Å². The summed E-state index contributed by atoms with van der Waals surface area (Å²) in [5.74, 6) is 0.644. The van der Waals surface area contributed by atoms with Gasteiger partial charge in [-0.25, -0.2) is 0 Å². The van der Waals surface area contributed by atoms with Crippen LogP contribution in [0.5, 0.6) is 0 Å². The summed E-state index contributed by atoms with van der Waals surface area (Å²) in [4.78, 5) is 2.30. The molecule has 0 spiro atoms. The van der Waals surface area contributed by atoms with Crippen LogP contribution in [0.15, 0.2) is 24.3 Å². The van der Waals surface area contributed by atoms with Crippen LogP contribution in [0.2, 0.25) is 0 Å². The summed E-state index contributed by atoms with van der Waals surface area (Å²) in [6.07, 6.45) is 1.17. The van der Waals surface area contributed by atoms with Crippen molar-refractivity contribution in [1.82, 2.24) is 4.90 Å². The van der Waals surface area contributed by atoms with Crippen molar-refractivity contribution in [2.24, 2.45) is 5.92 Å². The maximum absolute atomic E-state index is 2.36. The first-order valence-corrected chi connectivity index (χ1v) is 8.26. The van der Waals surface area contributed by atoms with Gasteiger partial charge in [0.1, 0.15) is 0 Å². The topological polar surface area (TPSA) is 3.24 Å². The summed E-state index contributed by atoms with van der Waals surface area (Å²) < 4.78 is 0. The molecule has 0 N–H and O–H groups in total. The van der Waals surface area contributed by atoms with Crippen LogP contribution in [-0.2, 0) is 10.8 Å². The molecule has 0 bridgehead atoms.